The molecule has 1 unspecified atom stereocenters. The predicted molar refractivity (Wildman–Crippen MR) is 93.0 cm³/mol. The average molecular weight is 386 g/mol. The topological polar surface area (TPSA) is 37.3 Å². The minimum absolute atomic E-state index is 0.0257. The van der Waals surface area contributed by atoms with Crippen molar-refractivity contribution in [2.75, 3.05) is 6.16 Å². The van der Waals surface area contributed by atoms with E-state index in [2.05, 4.69) is 6.92 Å². The SMILES string of the molecule is CCCCCCCCP(=O)(O)SSc1ccccc1C(F)(F)F. The van der Waals surface area contributed by atoms with Gasteiger partial charge >= 0.3 is 6.18 Å². The molecule has 1 rings (SSSR count). The van der Waals surface area contributed by atoms with Crippen molar-refractivity contribution in [2.24, 2.45) is 0 Å². The zero-order valence-electron chi connectivity index (χ0n) is 13.0. The van der Waals surface area contributed by atoms with Gasteiger partial charge < -0.3 is 4.89 Å². The summed E-state index contributed by atoms with van der Waals surface area (Å²) in [5, 5.41) is 0. The van der Waals surface area contributed by atoms with Crippen LogP contribution in [0.4, 0.5) is 13.2 Å². The number of rotatable bonds is 10. The van der Waals surface area contributed by atoms with Crippen LogP contribution in [-0.2, 0) is 10.7 Å². The van der Waals surface area contributed by atoms with Crippen LogP contribution < -0.4 is 0 Å². The van der Waals surface area contributed by atoms with Gasteiger partial charge in [0.1, 0.15) is 0 Å². The summed E-state index contributed by atoms with van der Waals surface area (Å²) >= 11 is 0. The molecule has 0 aliphatic heterocycles. The molecule has 0 saturated heterocycles. The normalized spacial score (nSPS) is 14.7. The van der Waals surface area contributed by atoms with E-state index in [1.54, 1.807) is 0 Å². The monoisotopic (exact) mass is 386 g/mol. The molecular weight excluding hydrogens is 364 g/mol. The van der Waals surface area contributed by atoms with Crippen molar-refractivity contribution in [1.82, 2.24) is 0 Å². The summed E-state index contributed by atoms with van der Waals surface area (Å²) in [6.45, 7) is -1.35. The zero-order valence-corrected chi connectivity index (χ0v) is 15.5. The largest absolute Gasteiger partial charge is 0.417 e. The van der Waals surface area contributed by atoms with Crippen LogP contribution in [-0.4, -0.2) is 11.1 Å². The van der Waals surface area contributed by atoms with E-state index >= 15 is 0 Å². The zero-order chi connectivity index (χ0) is 17.3. The Kier molecular flexibility index (Phi) is 9.12. The molecule has 1 aromatic rings. The molecule has 0 fully saturated rings. The Morgan fingerprint density at radius 2 is 1.70 bits per heavy atom. The summed E-state index contributed by atoms with van der Waals surface area (Å²) in [5.74, 6) is 0. The van der Waals surface area contributed by atoms with E-state index in [1.807, 2.05) is 0 Å². The van der Waals surface area contributed by atoms with Crippen LogP contribution in [0.3, 0.4) is 0 Å². The van der Waals surface area contributed by atoms with Crippen LogP contribution >= 0.6 is 27.8 Å². The van der Waals surface area contributed by atoms with E-state index < -0.39 is 18.3 Å². The van der Waals surface area contributed by atoms with Crippen molar-refractivity contribution in [3.8, 4) is 0 Å². The first kappa shape index (κ1) is 20.9. The van der Waals surface area contributed by atoms with Crippen LogP contribution in [0.15, 0.2) is 29.2 Å². The fourth-order valence-corrected chi connectivity index (χ4v) is 7.38. The van der Waals surface area contributed by atoms with Gasteiger partial charge in [0.25, 0.3) is 6.57 Å². The highest BCUT2D eigenvalue weighted by Crippen LogP contribution is 2.63. The smallest absolute Gasteiger partial charge is 0.336 e. The number of unbranched alkanes of at least 4 members (excludes halogenated alkanes) is 5. The summed E-state index contributed by atoms with van der Waals surface area (Å²) in [4.78, 5) is 9.86. The molecule has 1 atom stereocenters. The van der Waals surface area contributed by atoms with Gasteiger partial charge in [-0.2, -0.15) is 13.2 Å². The third kappa shape index (κ3) is 8.52. The molecule has 1 N–H and O–H groups in total. The molecule has 0 heterocycles. The highest BCUT2D eigenvalue weighted by atomic mass is 33.3. The van der Waals surface area contributed by atoms with E-state index in [4.69, 9.17) is 0 Å². The molecule has 23 heavy (non-hydrogen) atoms. The van der Waals surface area contributed by atoms with Crippen molar-refractivity contribution >= 4 is 27.8 Å². The maximum Gasteiger partial charge on any atom is 0.417 e. The van der Waals surface area contributed by atoms with Gasteiger partial charge in [-0.3, -0.25) is 4.57 Å². The Morgan fingerprint density at radius 1 is 1.09 bits per heavy atom. The first-order valence-corrected chi connectivity index (χ1v) is 12.2. The third-order valence-electron chi connectivity index (χ3n) is 3.23. The number of hydrogen-bond donors (Lipinski definition) is 1. The van der Waals surface area contributed by atoms with Gasteiger partial charge in [-0.1, -0.05) is 51.2 Å². The number of halogens is 3. The lowest BCUT2D eigenvalue weighted by atomic mass is 10.1. The number of alkyl halides is 3. The summed E-state index contributed by atoms with van der Waals surface area (Å²) in [5.41, 5.74) is -0.767. The van der Waals surface area contributed by atoms with Crippen molar-refractivity contribution < 1.29 is 22.6 Å². The predicted octanol–water partition coefficient (Wildman–Crippen LogP) is 6.99. The number of benzene rings is 1. The van der Waals surface area contributed by atoms with E-state index in [1.165, 1.54) is 18.2 Å². The molecule has 0 saturated carbocycles. The molecule has 0 amide bonds. The summed E-state index contributed by atoms with van der Waals surface area (Å²) in [6.07, 6.45) is 1.66. The Labute approximate surface area is 143 Å². The van der Waals surface area contributed by atoms with E-state index in [0.29, 0.717) is 16.8 Å². The maximum absolute atomic E-state index is 12.9. The van der Waals surface area contributed by atoms with Gasteiger partial charge in [-0.15, -0.1) is 0 Å². The lowest BCUT2D eigenvalue weighted by Crippen LogP contribution is -2.05. The summed E-state index contributed by atoms with van der Waals surface area (Å²) in [6, 6.07) is 5.12. The Bertz CT molecular complexity index is 524. The summed E-state index contributed by atoms with van der Waals surface area (Å²) in [7, 11) is 1.39. The molecule has 0 aliphatic carbocycles. The quantitative estimate of drug-likeness (QED) is 0.267. The first-order valence-electron chi connectivity index (χ1n) is 7.60. The molecular formula is C15H22F3O2PS2. The van der Waals surface area contributed by atoms with E-state index in [0.717, 1.165) is 49.0 Å². The van der Waals surface area contributed by atoms with Crippen LogP contribution in [0.25, 0.3) is 0 Å². The first-order chi connectivity index (χ1) is 10.8. The second kappa shape index (κ2) is 10.0. The van der Waals surface area contributed by atoms with E-state index in [-0.39, 0.29) is 11.1 Å². The van der Waals surface area contributed by atoms with Crippen molar-refractivity contribution in [2.45, 2.75) is 56.5 Å². The molecule has 1 aromatic carbocycles. The van der Waals surface area contributed by atoms with Gasteiger partial charge in [0.2, 0.25) is 0 Å². The minimum atomic E-state index is -4.46. The number of hydrogen-bond acceptors (Lipinski definition) is 3. The van der Waals surface area contributed by atoms with Crippen molar-refractivity contribution in [3.05, 3.63) is 29.8 Å². The molecule has 0 radical (unpaired) electrons. The molecule has 0 aliphatic rings. The van der Waals surface area contributed by atoms with Crippen molar-refractivity contribution in [3.63, 3.8) is 0 Å². The third-order valence-corrected chi connectivity index (χ3v) is 9.73. The molecule has 0 aromatic heterocycles. The lowest BCUT2D eigenvalue weighted by Gasteiger charge is -2.14. The average Bonchev–Trinajstić information content (AvgIpc) is 2.48. The summed E-state index contributed by atoms with van der Waals surface area (Å²) < 4.78 is 50.6. The fraction of sp³-hybridized carbons (Fsp3) is 0.600. The van der Waals surface area contributed by atoms with Crippen LogP contribution in [0, 0.1) is 0 Å². The molecule has 2 nitrogen and oxygen atoms in total. The van der Waals surface area contributed by atoms with Gasteiger partial charge in [-0.05, 0) is 29.3 Å². The van der Waals surface area contributed by atoms with Crippen LogP contribution in [0.2, 0.25) is 0 Å². The molecule has 132 valence electrons. The van der Waals surface area contributed by atoms with Gasteiger partial charge in [-0.25, -0.2) is 0 Å². The standard InChI is InChI=1S/C15H22F3O2PS2/c1-2-3-4-5-6-9-12-21(19,20)23-22-14-11-8-7-10-13(14)15(16,17)18/h7-8,10-11H,2-6,9,12H2,1H3,(H,19,20). The van der Waals surface area contributed by atoms with Crippen molar-refractivity contribution in [1.29, 1.82) is 0 Å². The fourth-order valence-electron chi connectivity index (χ4n) is 2.00. The maximum atomic E-state index is 12.9. The highest BCUT2D eigenvalue weighted by molar-refractivity contribution is 8.99. The van der Waals surface area contributed by atoms with Crippen LogP contribution in [0.5, 0.6) is 0 Å². The van der Waals surface area contributed by atoms with Gasteiger partial charge in [0.15, 0.2) is 0 Å². The Morgan fingerprint density at radius 3 is 2.35 bits per heavy atom. The van der Waals surface area contributed by atoms with E-state index in [9.17, 15) is 22.6 Å². The van der Waals surface area contributed by atoms with Gasteiger partial charge in [0.05, 0.1) is 5.56 Å². The Hall–Kier alpha value is -0.100. The second-order valence-electron chi connectivity index (χ2n) is 5.28. The lowest BCUT2D eigenvalue weighted by molar-refractivity contribution is -0.139. The molecule has 0 bridgehead atoms. The molecule has 0 spiro atoms. The second-order valence-corrected chi connectivity index (χ2v) is 11.8. The highest BCUT2D eigenvalue weighted by Gasteiger charge is 2.34. The van der Waals surface area contributed by atoms with Gasteiger partial charge in [0, 0.05) is 21.5 Å². The Balaban J connectivity index is 2.46. The molecule has 8 heteroatoms. The minimum Gasteiger partial charge on any atom is -0.336 e. The van der Waals surface area contributed by atoms with Crippen LogP contribution in [0.1, 0.15) is 51.0 Å².